The molecule has 0 amide bonds. The van der Waals surface area contributed by atoms with Gasteiger partial charge in [0.2, 0.25) is 0 Å². The molecule has 0 aromatic heterocycles. The molecule has 0 radical (unpaired) electrons. The monoisotopic (exact) mass is 324 g/mol. The molecular weight excluding hydrogens is 300 g/mol. The summed E-state index contributed by atoms with van der Waals surface area (Å²) < 4.78 is 0. The molecule has 2 aliphatic rings. The molecule has 5 rings (SSSR count). The summed E-state index contributed by atoms with van der Waals surface area (Å²) in [4.78, 5) is 0. The van der Waals surface area contributed by atoms with Gasteiger partial charge in [0.05, 0.1) is 0 Å². The molecule has 0 atom stereocenters. The highest BCUT2D eigenvalue weighted by Gasteiger charge is 2.26. The number of hydrogen-bond acceptors (Lipinski definition) is 0. The van der Waals surface area contributed by atoms with E-state index in [9.17, 15) is 0 Å². The first kappa shape index (κ1) is 15.0. The minimum atomic E-state index is 0.734. The second-order valence-electron chi connectivity index (χ2n) is 7.59. The third kappa shape index (κ3) is 2.52. The lowest BCUT2D eigenvalue weighted by atomic mass is 9.78. The van der Waals surface area contributed by atoms with Gasteiger partial charge in [-0.15, -0.1) is 0 Å². The molecule has 1 saturated carbocycles. The van der Waals surface area contributed by atoms with Crippen LogP contribution in [0.1, 0.15) is 54.7 Å². The van der Waals surface area contributed by atoms with Gasteiger partial charge >= 0.3 is 0 Å². The van der Waals surface area contributed by atoms with Gasteiger partial charge in [0, 0.05) is 0 Å². The molecule has 0 spiro atoms. The zero-order valence-corrected chi connectivity index (χ0v) is 14.7. The Bertz CT molecular complexity index is 899. The van der Waals surface area contributed by atoms with Gasteiger partial charge in [-0.3, -0.25) is 0 Å². The van der Waals surface area contributed by atoms with Gasteiger partial charge in [0.15, 0.2) is 0 Å². The van der Waals surface area contributed by atoms with Gasteiger partial charge in [-0.05, 0) is 64.1 Å². The molecule has 0 N–H and O–H groups in total. The van der Waals surface area contributed by atoms with Crippen LogP contribution in [0.5, 0.6) is 0 Å². The van der Waals surface area contributed by atoms with Crippen LogP contribution in [-0.4, -0.2) is 0 Å². The van der Waals surface area contributed by atoms with E-state index in [1.165, 1.54) is 59.9 Å². The molecule has 0 unspecified atom stereocenters. The maximum atomic E-state index is 2.44. The fourth-order valence-corrected chi connectivity index (χ4v) is 4.93. The fraction of sp³-hybridized carbons (Fsp3) is 0.280. The van der Waals surface area contributed by atoms with Crippen LogP contribution in [0.25, 0.3) is 22.3 Å². The molecule has 1 fully saturated rings. The minimum Gasteiger partial charge on any atom is -0.0622 e. The van der Waals surface area contributed by atoms with Crippen molar-refractivity contribution in [2.75, 3.05) is 0 Å². The molecule has 25 heavy (non-hydrogen) atoms. The summed E-state index contributed by atoms with van der Waals surface area (Å²) in [7, 11) is 0. The lowest BCUT2D eigenvalue weighted by molar-refractivity contribution is 0.444. The summed E-state index contributed by atoms with van der Waals surface area (Å²) in [6.07, 6.45) is 7.97. The van der Waals surface area contributed by atoms with Crippen LogP contribution < -0.4 is 0 Å². The molecular formula is C25H24. The molecule has 0 heteroatoms. The Morgan fingerprint density at radius 2 is 1.40 bits per heavy atom. The maximum Gasteiger partial charge on any atom is -0.000718 e. The van der Waals surface area contributed by atoms with Crippen LogP contribution in [-0.2, 0) is 6.42 Å². The standard InChI is InChI=1S/C25H24/c1-3-9-18(10-4-1)22-15-16-23-21-14-8-7-13-20(21)17-24(23)25(22)19-11-5-2-6-12-19/h2,5-8,11-16,18H,1,3-4,9-10,17H2. The predicted octanol–water partition coefficient (Wildman–Crippen LogP) is 6.97. The molecule has 0 aliphatic heterocycles. The molecule has 0 nitrogen and oxygen atoms in total. The lowest BCUT2D eigenvalue weighted by Gasteiger charge is -2.26. The second kappa shape index (κ2) is 6.19. The number of rotatable bonds is 2. The molecule has 124 valence electrons. The topological polar surface area (TPSA) is 0 Å². The van der Waals surface area contributed by atoms with Crippen LogP contribution in [0.15, 0.2) is 66.7 Å². The van der Waals surface area contributed by atoms with E-state index in [0.717, 1.165) is 12.3 Å². The quantitative estimate of drug-likeness (QED) is 0.373. The van der Waals surface area contributed by atoms with E-state index in [2.05, 4.69) is 66.7 Å². The molecule has 0 bridgehead atoms. The van der Waals surface area contributed by atoms with Crippen molar-refractivity contribution in [3.8, 4) is 22.3 Å². The second-order valence-corrected chi connectivity index (χ2v) is 7.59. The maximum absolute atomic E-state index is 2.44. The lowest BCUT2D eigenvalue weighted by Crippen LogP contribution is -2.07. The van der Waals surface area contributed by atoms with E-state index >= 15 is 0 Å². The number of benzene rings is 3. The Labute approximate surface area is 150 Å². The average molecular weight is 324 g/mol. The summed E-state index contributed by atoms with van der Waals surface area (Å²) in [6, 6.07) is 24.9. The Morgan fingerprint density at radius 1 is 0.640 bits per heavy atom. The van der Waals surface area contributed by atoms with Crippen LogP contribution in [0.3, 0.4) is 0 Å². The smallest absolute Gasteiger partial charge is 0.000718 e. The third-order valence-corrected chi connectivity index (χ3v) is 6.13. The molecule has 3 aromatic carbocycles. The van der Waals surface area contributed by atoms with E-state index in [4.69, 9.17) is 0 Å². The van der Waals surface area contributed by atoms with Crippen LogP contribution >= 0.6 is 0 Å². The van der Waals surface area contributed by atoms with Crippen molar-refractivity contribution in [1.29, 1.82) is 0 Å². The van der Waals surface area contributed by atoms with E-state index in [0.29, 0.717) is 0 Å². The van der Waals surface area contributed by atoms with Crippen LogP contribution in [0, 0.1) is 0 Å². The van der Waals surface area contributed by atoms with Crippen molar-refractivity contribution in [1.82, 2.24) is 0 Å². The SMILES string of the molecule is c1ccc(-c2c(C3CCCCC3)ccc3c2Cc2ccccc2-3)cc1. The number of hydrogen-bond donors (Lipinski definition) is 0. The third-order valence-electron chi connectivity index (χ3n) is 6.13. The van der Waals surface area contributed by atoms with Crippen molar-refractivity contribution >= 4 is 0 Å². The highest BCUT2D eigenvalue weighted by molar-refractivity contribution is 5.86. The highest BCUT2D eigenvalue weighted by Crippen LogP contribution is 2.46. The van der Waals surface area contributed by atoms with E-state index in [-0.39, 0.29) is 0 Å². The Morgan fingerprint density at radius 3 is 2.24 bits per heavy atom. The first-order valence-electron chi connectivity index (χ1n) is 9.71. The van der Waals surface area contributed by atoms with E-state index in [1.54, 1.807) is 11.1 Å². The zero-order chi connectivity index (χ0) is 16.6. The summed E-state index contributed by atoms with van der Waals surface area (Å²) in [5.41, 5.74) is 10.4. The minimum absolute atomic E-state index is 0.734. The normalized spacial score (nSPS) is 16.5. The molecule has 0 saturated heterocycles. The summed E-state index contributed by atoms with van der Waals surface area (Å²) in [6.45, 7) is 0. The van der Waals surface area contributed by atoms with Crippen molar-refractivity contribution in [3.63, 3.8) is 0 Å². The van der Waals surface area contributed by atoms with Gasteiger partial charge in [0.25, 0.3) is 0 Å². The van der Waals surface area contributed by atoms with Crippen LogP contribution in [0.4, 0.5) is 0 Å². The Hall–Kier alpha value is -2.34. The summed E-state index contributed by atoms with van der Waals surface area (Å²) >= 11 is 0. The van der Waals surface area contributed by atoms with Crippen molar-refractivity contribution in [2.45, 2.75) is 44.4 Å². The fourth-order valence-electron chi connectivity index (χ4n) is 4.93. The van der Waals surface area contributed by atoms with Gasteiger partial charge in [0.1, 0.15) is 0 Å². The van der Waals surface area contributed by atoms with Gasteiger partial charge in [-0.25, -0.2) is 0 Å². The Balaban J connectivity index is 1.72. The van der Waals surface area contributed by atoms with Gasteiger partial charge < -0.3 is 0 Å². The summed E-state index contributed by atoms with van der Waals surface area (Å²) in [5.74, 6) is 0.734. The van der Waals surface area contributed by atoms with Crippen molar-refractivity contribution in [2.24, 2.45) is 0 Å². The van der Waals surface area contributed by atoms with E-state index < -0.39 is 0 Å². The van der Waals surface area contributed by atoms with Crippen molar-refractivity contribution in [3.05, 3.63) is 83.4 Å². The molecule has 2 aliphatic carbocycles. The summed E-state index contributed by atoms with van der Waals surface area (Å²) in [5, 5.41) is 0. The largest absolute Gasteiger partial charge is 0.0622 e. The van der Waals surface area contributed by atoms with Crippen LogP contribution in [0.2, 0.25) is 0 Å². The molecule has 0 heterocycles. The average Bonchev–Trinajstić information content (AvgIpc) is 3.07. The van der Waals surface area contributed by atoms with Gasteiger partial charge in [-0.1, -0.05) is 86.0 Å². The Kier molecular flexibility index (Phi) is 3.70. The zero-order valence-electron chi connectivity index (χ0n) is 14.7. The first-order chi connectivity index (χ1) is 12.4. The van der Waals surface area contributed by atoms with E-state index in [1.807, 2.05) is 0 Å². The number of fused-ring (bicyclic) bond motifs is 3. The highest BCUT2D eigenvalue weighted by atomic mass is 14.3. The predicted molar refractivity (Wildman–Crippen MR) is 106 cm³/mol. The van der Waals surface area contributed by atoms with Gasteiger partial charge in [-0.2, -0.15) is 0 Å². The first-order valence-corrected chi connectivity index (χ1v) is 9.71. The van der Waals surface area contributed by atoms with Crippen molar-refractivity contribution < 1.29 is 0 Å². The molecule has 3 aromatic rings.